The first-order chi connectivity index (χ1) is 7.33. The number of nitrogens with one attached hydrogen (secondary N) is 1. The smallest absolute Gasteiger partial charge is 0.271 e. The maximum Gasteiger partial charge on any atom is 0.271 e. The predicted octanol–water partition coefficient (Wildman–Crippen LogP) is 0.462. The van der Waals surface area contributed by atoms with Crippen molar-refractivity contribution in [1.82, 2.24) is 14.9 Å². The van der Waals surface area contributed by atoms with E-state index in [0.29, 0.717) is 17.2 Å². The van der Waals surface area contributed by atoms with Crippen molar-refractivity contribution in [2.75, 3.05) is 6.54 Å². The molecule has 0 saturated heterocycles. The zero-order valence-corrected chi connectivity index (χ0v) is 10.5. The van der Waals surface area contributed by atoms with Crippen molar-refractivity contribution in [2.45, 2.75) is 13.8 Å². The number of aryl methyl sites for hydroxylation is 1. The lowest BCUT2D eigenvalue weighted by molar-refractivity contribution is 0.0940. The van der Waals surface area contributed by atoms with Crippen LogP contribution in [-0.4, -0.2) is 27.0 Å². The summed E-state index contributed by atoms with van der Waals surface area (Å²) in [5.41, 5.74) is 5.56. The van der Waals surface area contributed by atoms with Gasteiger partial charge in [-0.15, -0.1) is 0 Å². The van der Waals surface area contributed by atoms with Crippen molar-refractivity contribution < 1.29 is 4.79 Å². The molecule has 0 aromatic carbocycles. The van der Waals surface area contributed by atoms with Gasteiger partial charge in [0.05, 0.1) is 11.3 Å². The molecule has 0 atom stereocenters. The molecule has 3 N–H and O–H groups in total. The second kappa shape index (κ2) is 4.61. The Morgan fingerprint density at radius 1 is 1.69 bits per heavy atom. The van der Waals surface area contributed by atoms with Gasteiger partial charge in [0.2, 0.25) is 0 Å². The average molecular weight is 240 g/mol. The average Bonchev–Trinajstić information content (AvgIpc) is 2.61. The van der Waals surface area contributed by atoms with Crippen molar-refractivity contribution in [2.24, 2.45) is 18.2 Å². The minimum absolute atomic E-state index is 0.218. The van der Waals surface area contributed by atoms with Crippen LogP contribution in [-0.2, 0) is 7.05 Å². The van der Waals surface area contributed by atoms with Crippen molar-refractivity contribution in [3.63, 3.8) is 0 Å². The molecule has 1 rings (SSSR count). The maximum absolute atomic E-state index is 11.7. The molecule has 16 heavy (non-hydrogen) atoms. The number of imidazole rings is 1. The third-order valence-corrected chi connectivity index (χ3v) is 2.85. The number of rotatable bonds is 4. The summed E-state index contributed by atoms with van der Waals surface area (Å²) >= 11 is 4.91. The zero-order chi connectivity index (χ0) is 12.3. The molecule has 0 fully saturated rings. The Hall–Kier alpha value is -1.43. The van der Waals surface area contributed by atoms with E-state index in [9.17, 15) is 4.79 Å². The van der Waals surface area contributed by atoms with Crippen LogP contribution in [0.5, 0.6) is 0 Å². The van der Waals surface area contributed by atoms with Crippen LogP contribution in [0.25, 0.3) is 0 Å². The Morgan fingerprint density at radius 2 is 2.31 bits per heavy atom. The third kappa shape index (κ3) is 3.03. The molecule has 0 unspecified atom stereocenters. The van der Waals surface area contributed by atoms with Gasteiger partial charge < -0.3 is 15.6 Å². The van der Waals surface area contributed by atoms with Crippen molar-refractivity contribution >= 4 is 23.1 Å². The lowest BCUT2D eigenvalue weighted by atomic mass is 9.93. The molecular weight excluding hydrogens is 224 g/mol. The molecule has 1 aromatic rings. The van der Waals surface area contributed by atoms with Crippen LogP contribution in [0.15, 0.2) is 12.5 Å². The SMILES string of the molecule is Cn1cnc(C(=O)NCC(C)(C)C(N)=S)c1. The quantitative estimate of drug-likeness (QED) is 0.750. The first-order valence-electron chi connectivity index (χ1n) is 4.89. The summed E-state index contributed by atoms with van der Waals surface area (Å²) in [6.07, 6.45) is 3.23. The molecule has 6 heteroatoms. The van der Waals surface area contributed by atoms with E-state index in [-0.39, 0.29) is 11.3 Å². The number of nitrogens with two attached hydrogens (primary N) is 1. The molecule has 88 valence electrons. The summed E-state index contributed by atoms with van der Waals surface area (Å²) in [6, 6.07) is 0. The maximum atomic E-state index is 11.7. The molecule has 5 nitrogen and oxygen atoms in total. The van der Waals surface area contributed by atoms with Crippen LogP contribution in [0, 0.1) is 5.41 Å². The van der Waals surface area contributed by atoms with Crippen LogP contribution in [0.1, 0.15) is 24.3 Å². The third-order valence-electron chi connectivity index (χ3n) is 2.30. The number of carbonyl (C=O) groups excluding carboxylic acids is 1. The summed E-state index contributed by atoms with van der Waals surface area (Å²) in [4.78, 5) is 16.0. The van der Waals surface area contributed by atoms with Crippen LogP contribution in [0.3, 0.4) is 0 Å². The van der Waals surface area contributed by atoms with Gasteiger partial charge in [0.1, 0.15) is 5.69 Å². The number of thiocarbonyl (C=S) groups is 1. The number of aromatic nitrogens is 2. The van der Waals surface area contributed by atoms with E-state index in [0.717, 1.165) is 0 Å². The molecule has 0 aliphatic heterocycles. The van der Waals surface area contributed by atoms with Gasteiger partial charge in [0.15, 0.2) is 0 Å². The summed E-state index contributed by atoms with van der Waals surface area (Å²) in [7, 11) is 1.81. The van der Waals surface area contributed by atoms with Gasteiger partial charge in [-0.2, -0.15) is 0 Å². The Kier molecular flexibility index (Phi) is 3.64. The normalized spacial score (nSPS) is 11.2. The van der Waals surface area contributed by atoms with Crippen LogP contribution < -0.4 is 11.1 Å². The Morgan fingerprint density at radius 3 is 2.75 bits per heavy atom. The van der Waals surface area contributed by atoms with E-state index in [1.807, 2.05) is 20.9 Å². The first kappa shape index (κ1) is 12.6. The minimum atomic E-state index is -0.389. The van der Waals surface area contributed by atoms with E-state index in [1.54, 1.807) is 17.1 Å². The Bertz CT molecular complexity index is 411. The summed E-state index contributed by atoms with van der Waals surface area (Å²) < 4.78 is 1.72. The highest BCUT2D eigenvalue weighted by Gasteiger charge is 2.22. The van der Waals surface area contributed by atoms with Gasteiger partial charge in [-0.25, -0.2) is 4.98 Å². The fourth-order valence-electron chi connectivity index (χ4n) is 1.01. The second-order valence-electron chi connectivity index (χ2n) is 4.36. The molecule has 1 amide bonds. The zero-order valence-electron chi connectivity index (χ0n) is 9.65. The number of hydrogen-bond acceptors (Lipinski definition) is 3. The molecule has 0 saturated carbocycles. The standard InChI is InChI=1S/C10H16N4OS/c1-10(2,9(11)16)5-12-8(15)7-4-14(3)6-13-7/h4,6H,5H2,1-3H3,(H2,11,16)(H,12,15). The molecular formula is C10H16N4OS. The Labute approximate surface area is 100 Å². The lowest BCUT2D eigenvalue weighted by Crippen LogP contribution is -2.41. The van der Waals surface area contributed by atoms with Crippen molar-refractivity contribution in [3.05, 3.63) is 18.2 Å². The molecule has 0 aliphatic carbocycles. The van der Waals surface area contributed by atoms with Gasteiger partial charge in [-0.1, -0.05) is 26.1 Å². The number of carbonyl (C=O) groups is 1. The highest BCUT2D eigenvalue weighted by molar-refractivity contribution is 7.80. The van der Waals surface area contributed by atoms with Crippen LogP contribution in [0.4, 0.5) is 0 Å². The highest BCUT2D eigenvalue weighted by Crippen LogP contribution is 2.13. The Balaban J connectivity index is 2.57. The highest BCUT2D eigenvalue weighted by atomic mass is 32.1. The van der Waals surface area contributed by atoms with Gasteiger partial charge >= 0.3 is 0 Å². The van der Waals surface area contributed by atoms with Crippen molar-refractivity contribution in [3.8, 4) is 0 Å². The van der Waals surface area contributed by atoms with E-state index >= 15 is 0 Å². The monoisotopic (exact) mass is 240 g/mol. The number of hydrogen-bond donors (Lipinski definition) is 2. The van der Waals surface area contributed by atoms with E-state index in [2.05, 4.69) is 10.3 Å². The van der Waals surface area contributed by atoms with Crippen LogP contribution >= 0.6 is 12.2 Å². The molecule has 1 heterocycles. The van der Waals surface area contributed by atoms with Gasteiger partial charge in [0, 0.05) is 25.2 Å². The summed E-state index contributed by atoms with van der Waals surface area (Å²) in [5.74, 6) is -0.218. The van der Waals surface area contributed by atoms with Gasteiger partial charge in [-0.05, 0) is 0 Å². The van der Waals surface area contributed by atoms with Gasteiger partial charge in [-0.3, -0.25) is 4.79 Å². The molecule has 0 spiro atoms. The second-order valence-corrected chi connectivity index (χ2v) is 4.80. The molecule has 1 aromatic heterocycles. The fraction of sp³-hybridized carbons (Fsp3) is 0.500. The molecule has 0 bridgehead atoms. The number of amides is 1. The topological polar surface area (TPSA) is 72.9 Å². The van der Waals surface area contributed by atoms with E-state index in [1.165, 1.54) is 0 Å². The largest absolute Gasteiger partial charge is 0.393 e. The number of nitrogens with zero attached hydrogens (tertiary/aromatic N) is 2. The molecule has 0 radical (unpaired) electrons. The van der Waals surface area contributed by atoms with Gasteiger partial charge in [0.25, 0.3) is 5.91 Å². The minimum Gasteiger partial charge on any atom is -0.393 e. The fourth-order valence-corrected chi connectivity index (χ4v) is 1.08. The molecule has 0 aliphatic rings. The van der Waals surface area contributed by atoms with Crippen LogP contribution in [0.2, 0.25) is 0 Å². The van der Waals surface area contributed by atoms with E-state index in [4.69, 9.17) is 18.0 Å². The summed E-state index contributed by atoms with van der Waals surface area (Å²) in [5, 5.41) is 2.75. The summed E-state index contributed by atoms with van der Waals surface area (Å²) in [6.45, 7) is 4.17. The van der Waals surface area contributed by atoms with E-state index < -0.39 is 0 Å². The van der Waals surface area contributed by atoms with Crippen molar-refractivity contribution in [1.29, 1.82) is 0 Å². The predicted molar refractivity (Wildman–Crippen MR) is 66.1 cm³/mol. The first-order valence-corrected chi connectivity index (χ1v) is 5.30. The lowest BCUT2D eigenvalue weighted by Gasteiger charge is -2.22.